The van der Waals surface area contributed by atoms with Gasteiger partial charge in [-0.3, -0.25) is 0 Å². The first-order valence-electron chi connectivity index (χ1n) is 5.67. The third-order valence-electron chi connectivity index (χ3n) is 1.73. The Kier molecular flexibility index (Phi) is 7.02. The van der Waals surface area contributed by atoms with Crippen molar-refractivity contribution in [3.05, 3.63) is 12.2 Å². The van der Waals surface area contributed by atoms with Gasteiger partial charge < -0.3 is 15.2 Å². The van der Waals surface area contributed by atoms with Gasteiger partial charge in [0.05, 0.1) is 0 Å². The Morgan fingerprint density at radius 3 is 2.47 bits per heavy atom. The first-order chi connectivity index (χ1) is 7.81. The van der Waals surface area contributed by atoms with Gasteiger partial charge in [0.15, 0.2) is 0 Å². The number of amides is 1. The molecule has 0 heterocycles. The Morgan fingerprint density at radius 1 is 1.29 bits per heavy atom. The third-order valence-corrected chi connectivity index (χ3v) is 1.73. The Balaban J connectivity index is 3.46. The molecule has 0 saturated carbocycles. The van der Waals surface area contributed by atoms with Crippen LogP contribution in [-0.4, -0.2) is 29.3 Å². The van der Waals surface area contributed by atoms with Crippen molar-refractivity contribution >= 4 is 12.1 Å². The van der Waals surface area contributed by atoms with E-state index in [1.165, 1.54) is 0 Å². The van der Waals surface area contributed by atoms with Crippen molar-refractivity contribution in [2.24, 2.45) is 0 Å². The van der Waals surface area contributed by atoms with E-state index in [9.17, 15) is 9.59 Å². The zero-order chi connectivity index (χ0) is 13.3. The van der Waals surface area contributed by atoms with Crippen molar-refractivity contribution in [3.63, 3.8) is 0 Å². The van der Waals surface area contributed by atoms with Crippen LogP contribution in [0.2, 0.25) is 0 Å². The average molecular weight is 243 g/mol. The number of rotatable bonds is 6. The number of carbonyl (C=O) groups is 2. The second-order valence-electron chi connectivity index (χ2n) is 4.67. The minimum absolute atomic E-state index is 0.418. The zero-order valence-corrected chi connectivity index (χ0v) is 10.7. The van der Waals surface area contributed by atoms with E-state index >= 15 is 0 Å². The maximum atomic E-state index is 11.2. The monoisotopic (exact) mass is 243 g/mol. The van der Waals surface area contributed by atoms with Crippen LogP contribution in [0.1, 0.15) is 40.0 Å². The van der Waals surface area contributed by atoms with Crippen LogP contribution in [0.25, 0.3) is 0 Å². The summed E-state index contributed by atoms with van der Waals surface area (Å²) in [7, 11) is 0. The maximum absolute atomic E-state index is 11.2. The third kappa shape index (κ3) is 12.4. The first-order valence-corrected chi connectivity index (χ1v) is 5.67. The summed E-state index contributed by atoms with van der Waals surface area (Å²) in [5.41, 5.74) is -0.478. The summed E-state index contributed by atoms with van der Waals surface area (Å²) in [6.45, 7) is 5.96. The molecule has 0 aromatic heterocycles. The molecule has 0 spiro atoms. The molecule has 2 N–H and O–H groups in total. The SMILES string of the molecule is CC(C)(C)OC(=O)NCCCC/C=C/C(=O)O. The second-order valence-corrected chi connectivity index (χ2v) is 4.67. The number of ether oxygens (including phenoxy) is 1. The molecule has 0 unspecified atom stereocenters. The molecule has 5 heteroatoms. The van der Waals surface area contributed by atoms with E-state index in [4.69, 9.17) is 9.84 Å². The minimum Gasteiger partial charge on any atom is -0.478 e. The van der Waals surface area contributed by atoms with Gasteiger partial charge in [-0.05, 0) is 40.0 Å². The van der Waals surface area contributed by atoms with Crippen molar-refractivity contribution in [2.45, 2.75) is 45.6 Å². The first kappa shape index (κ1) is 15.5. The molecule has 0 aromatic rings. The Labute approximate surface area is 102 Å². The van der Waals surface area contributed by atoms with Gasteiger partial charge in [-0.1, -0.05) is 6.08 Å². The molecule has 0 rings (SSSR count). The van der Waals surface area contributed by atoms with E-state index in [1.54, 1.807) is 6.08 Å². The lowest BCUT2D eigenvalue weighted by molar-refractivity contribution is -0.131. The number of carbonyl (C=O) groups excluding carboxylic acids is 1. The molecule has 0 atom stereocenters. The summed E-state index contributed by atoms with van der Waals surface area (Å²) in [5, 5.41) is 11.0. The summed E-state index contributed by atoms with van der Waals surface area (Å²) in [4.78, 5) is 21.4. The molecule has 98 valence electrons. The van der Waals surface area contributed by atoms with Gasteiger partial charge >= 0.3 is 12.1 Å². The molecule has 0 aliphatic rings. The summed E-state index contributed by atoms with van der Waals surface area (Å²) < 4.78 is 5.06. The second kappa shape index (κ2) is 7.70. The van der Waals surface area contributed by atoms with E-state index in [-0.39, 0.29) is 0 Å². The molecule has 0 aromatic carbocycles. The van der Waals surface area contributed by atoms with E-state index in [2.05, 4.69) is 5.32 Å². The standard InChI is InChI=1S/C12H21NO4/c1-12(2,3)17-11(16)13-9-7-5-4-6-8-10(14)15/h6,8H,4-5,7,9H2,1-3H3,(H,13,16)(H,14,15)/b8-6+. The Bertz CT molecular complexity index is 279. The van der Waals surface area contributed by atoms with Crippen LogP contribution >= 0.6 is 0 Å². The highest BCUT2D eigenvalue weighted by Gasteiger charge is 2.15. The highest BCUT2D eigenvalue weighted by molar-refractivity contribution is 5.79. The molecule has 0 bridgehead atoms. The van der Waals surface area contributed by atoms with Gasteiger partial charge in [0, 0.05) is 12.6 Å². The highest BCUT2D eigenvalue weighted by Crippen LogP contribution is 2.06. The summed E-state index contributed by atoms with van der Waals surface area (Å²) in [6, 6.07) is 0. The highest BCUT2D eigenvalue weighted by atomic mass is 16.6. The van der Waals surface area contributed by atoms with Gasteiger partial charge in [-0.25, -0.2) is 9.59 Å². The summed E-state index contributed by atoms with van der Waals surface area (Å²) in [5.74, 6) is -0.933. The summed E-state index contributed by atoms with van der Waals surface area (Å²) in [6.07, 6.45) is 4.64. The van der Waals surface area contributed by atoms with Crippen LogP contribution in [0.4, 0.5) is 4.79 Å². The molecule has 0 aliphatic heterocycles. The molecule has 0 radical (unpaired) electrons. The lowest BCUT2D eigenvalue weighted by Crippen LogP contribution is -2.32. The molecule has 0 aliphatic carbocycles. The van der Waals surface area contributed by atoms with Crippen molar-refractivity contribution in [1.29, 1.82) is 0 Å². The number of hydrogen-bond donors (Lipinski definition) is 2. The smallest absolute Gasteiger partial charge is 0.407 e. The number of allylic oxidation sites excluding steroid dienone is 1. The van der Waals surface area contributed by atoms with E-state index in [1.807, 2.05) is 20.8 Å². The van der Waals surface area contributed by atoms with Gasteiger partial charge in [0.25, 0.3) is 0 Å². The molecular weight excluding hydrogens is 222 g/mol. The maximum Gasteiger partial charge on any atom is 0.407 e. The largest absolute Gasteiger partial charge is 0.478 e. The fraction of sp³-hybridized carbons (Fsp3) is 0.667. The van der Waals surface area contributed by atoms with Crippen molar-refractivity contribution in [3.8, 4) is 0 Å². The molecule has 0 saturated heterocycles. The van der Waals surface area contributed by atoms with Gasteiger partial charge in [0.2, 0.25) is 0 Å². The number of carboxylic acid groups (broad SMARTS) is 1. The topological polar surface area (TPSA) is 75.6 Å². The van der Waals surface area contributed by atoms with Crippen LogP contribution in [-0.2, 0) is 9.53 Å². The van der Waals surface area contributed by atoms with Crippen LogP contribution in [0.5, 0.6) is 0 Å². The lowest BCUT2D eigenvalue weighted by Gasteiger charge is -2.19. The number of aliphatic carboxylic acids is 1. The Hall–Kier alpha value is -1.52. The van der Waals surface area contributed by atoms with Crippen LogP contribution < -0.4 is 5.32 Å². The zero-order valence-electron chi connectivity index (χ0n) is 10.7. The average Bonchev–Trinajstić information content (AvgIpc) is 2.12. The predicted octanol–water partition coefficient (Wildman–Crippen LogP) is 2.32. The number of nitrogens with one attached hydrogen (secondary N) is 1. The number of hydrogen-bond acceptors (Lipinski definition) is 3. The lowest BCUT2D eigenvalue weighted by atomic mass is 10.2. The normalized spacial score (nSPS) is 11.5. The van der Waals surface area contributed by atoms with Crippen molar-refractivity contribution in [2.75, 3.05) is 6.54 Å². The Morgan fingerprint density at radius 2 is 1.94 bits per heavy atom. The molecule has 1 amide bonds. The minimum atomic E-state index is -0.933. The van der Waals surface area contributed by atoms with E-state index in [0.717, 1.165) is 18.9 Å². The molecular formula is C12H21NO4. The van der Waals surface area contributed by atoms with Crippen molar-refractivity contribution in [1.82, 2.24) is 5.32 Å². The predicted molar refractivity (Wildman–Crippen MR) is 64.9 cm³/mol. The number of carboxylic acids is 1. The van der Waals surface area contributed by atoms with Gasteiger partial charge in [-0.2, -0.15) is 0 Å². The van der Waals surface area contributed by atoms with E-state index in [0.29, 0.717) is 13.0 Å². The quantitative estimate of drug-likeness (QED) is 0.554. The molecule has 5 nitrogen and oxygen atoms in total. The van der Waals surface area contributed by atoms with Crippen LogP contribution in [0.15, 0.2) is 12.2 Å². The fourth-order valence-electron chi connectivity index (χ4n) is 1.08. The molecule has 17 heavy (non-hydrogen) atoms. The molecule has 0 fully saturated rings. The van der Waals surface area contributed by atoms with Crippen LogP contribution in [0.3, 0.4) is 0 Å². The number of unbranched alkanes of at least 4 members (excludes halogenated alkanes) is 2. The van der Waals surface area contributed by atoms with E-state index < -0.39 is 17.7 Å². The fourth-order valence-corrected chi connectivity index (χ4v) is 1.08. The summed E-state index contributed by atoms with van der Waals surface area (Å²) >= 11 is 0. The van der Waals surface area contributed by atoms with Gasteiger partial charge in [-0.15, -0.1) is 0 Å². The van der Waals surface area contributed by atoms with Crippen LogP contribution in [0, 0.1) is 0 Å². The van der Waals surface area contributed by atoms with Gasteiger partial charge in [0.1, 0.15) is 5.60 Å². The van der Waals surface area contributed by atoms with Crippen molar-refractivity contribution < 1.29 is 19.4 Å². The number of alkyl carbamates (subject to hydrolysis) is 1.